The number of anilines is 1. The van der Waals surface area contributed by atoms with Crippen molar-refractivity contribution in [3.8, 4) is 0 Å². The molecule has 0 aliphatic heterocycles. The third-order valence-corrected chi connectivity index (χ3v) is 3.90. The van der Waals surface area contributed by atoms with Crippen LogP contribution in [0.4, 0.5) is 5.69 Å². The fourth-order valence-corrected chi connectivity index (χ4v) is 2.37. The normalized spacial score (nSPS) is 11.3. The van der Waals surface area contributed by atoms with Crippen molar-refractivity contribution in [2.75, 3.05) is 25.5 Å². The van der Waals surface area contributed by atoms with Crippen LogP contribution in [0.15, 0.2) is 29.2 Å². The molecule has 0 aliphatic carbocycles. The number of sulfonamides is 1. The van der Waals surface area contributed by atoms with Gasteiger partial charge in [0.2, 0.25) is 15.9 Å². The lowest BCUT2D eigenvalue weighted by Crippen LogP contribution is -2.29. The van der Waals surface area contributed by atoms with Gasteiger partial charge >= 0.3 is 0 Å². The number of carbonyl (C=O) groups is 1. The molecule has 0 heterocycles. The summed E-state index contributed by atoms with van der Waals surface area (Å²) in [6, 6.07) is 6.28. The minimum atomic E-state index is -3.58. The summed E-state index contributed by atoms with van der Waals surface area (Å²) in [5.41, 5.74) is 0.278. The van der Waals surface area contributed by atoms with Gasteiger partial charge in [-0.3, -0.25) is 4.79 Å². The van der Waals surface area contributed by atoms with Gasteiger partial charge in [-0.1, -0.05) is 19.1 Å². The minimum Gasteiger partial charge on any atom is -0.324 e. The van der Waals surface area contributed by atoms with Crippen molar-refractivity contribution in [2.24, 2.45) is 0 Å². The van der Waals surface area contributed by atoms with Crippen LogP contribution < -0.4 is 15.4 Å². The molecule has 0 aromatic heterocycles. The molecule has 0 aliphatic rings. The van der Waals surface area contributed by atoms with E-state index in [-0.39, 0.29) is 23.0 Å². The highest BCUT2D eigenvalue weighted by Gasteiger charge is 2.17. The number of nitrogens with one attached hydrogen (secondary N) is 3. The first-order valence-corrected chi connectivity index (χ1v) is 7.52. The number of amides is 1. The molecular weight excluding hydrogens is 266 g/mol. The Morgan fingerprint density at radius 2 is 1.95 bits per heavy atom. The largest absolute Gasteiger partial charge is 0.324 e. The topological polar surface area (TPSA) is 87.3 Å². The second kappa shape index (κ2) is 7.22. The monoisotopic (exact) mass is 285 g/mol. The van der Waals surface area contributed by atoms with Gasteiger partial charge in [-0.2, -0.15) is 0 Å². The van der Waals surface area contributed by atoms with Crippen LogP contribution in [0.25, 0.3) is 0 Å². The summed E-state index contributed by atoms with van der Waals surface area (Å²) in [5, 5.41) is 5.54. The third-order valence-electron chi connectivity index (χ3n) is 2.43. The summed E-state index contributed by atoms with van der Waals surface area (Å²) in [6.07, 6.45) is 0.929. The van der Waals surface area contributed by atoms with Crippen LogP contribution >= 0.6 is 0 Å². The molecule has 1 aromatic rings. The zero-order valence-corrected chi connectivity index (χ0v) is 11.9. The summed E-state index contributed by atoms with van der Waals surface area (Å²) in [4.78, 5) is 11.7. The van der Waals surface area contributed by atoms with Crippen LogP contribution in [0.1, 0.15) is 13.3 Å². The molecule has 1 rings (SSSR count). The van der Waals surface area contributed by atoms with Gasteiger partial charge in [-0.25, -0.2) is 13.1 Å². The van der Waals surface area contributed by atoms with Crippen molar-refractivity contribution in [1.29, 1.82) is 0 Å². The SMILES string of the molecule is CCCNCC(=O)Nc1ccccc1S(=O)(=O)NC. The average molecular weight is 285 g/mol. The molecule has 19 heavy (non-hydrogen) atoms. The molecule has 6 nitrogen and oxygen atoms in total. The Labute approximate surface area is 113 Å². The van der Waals surface area contributed by atoms with E-state index in [1.54, 1.807) is 18.2 Å². The van der Waals surface area contributed by atoms with E-state index in [2.05, 4.69) is 15.4 Å². The van der Waals surface area contributed by atoms with Gasteiger partial charge in [0.1, 0.15) is 4.90 Å². The molecular formula is C12H19N3O3S. The van der Waals surface area contributed by atoms with Crippen LogP contribution in [0.5, 0.6) is 0 Å². The van der Waals surface area contributed by atoms with Crippen LogP contribution in [0, 0.1) is 0 Å². The quantitative estimate of drug-likeness (QED) is 0.638. The van der Waals surface area contributed by atoms with E-state index in [9.17, 15) is 13.2 Å². The molecule has 0 atom stereocenters. The summed E-state index contributed by atoms with van der Waals surface area (Å²) < 4.78 is 25.8. The maximum Gasteiger partial charge on any atom is 0.242 e. The second-order valence-electron chi connectivity index (χ2n) is 3.93. The van der Waals surface area contributed by atoms with E-state index in [4.69, 9.17) is 0 Å². The van der Waals surface area contributed by atoms with Crippen molar-refractivity contribution < 1.29 is 13.2 Å². The van der Waals surface area contributed by atoms with E-state index in [1.807, 2.05) is 6.92 Å². The number of rotatable bonds is 7. The van der Waals surface area contributed by atoms with Gasteiger partial charge in [0.15, 0.2) is 0 Å². The Morgan fingerprint density at radius 1 is 1.26 bits per heavy atom. The van der Waals surface area contributed by atoms with Crippen LogP contribution in [0.3, 0.4) is 0 Å². The summed E-state index contributed by atoms with van der Waals surface area (Å²) in [5.74, 6) is -0.271. The molecule has 1 aromatic carbocycles. The maximum absolute atomic E-state index is 11.8. The van der Waals surface area contributed by atoms with Gasteiger partial charge in [-0.05, 0) is 32.1 Å². The lowest BCUT2D eigenvalue weighted by molar-refractivity contribution is -0.115. The summed E-state index contributed by atoms with van der Waals surface area (Å²) in [7, 11) is -2.25. The number of benzene rings is 1. The Balaban J connectivity index is 2.82. The molecule has 7 heteroatoms. The first-order valence-electron chi connectivity index (χ1n) is 6.04. The van der Waals surface area contributed by atoms with Crippen molar-refractivity contribution in [1.82, 2.24) is 10.0 Å². The standard InChI is InChI=1S/C12H19N3O3S/c1-3-8-14-9-12(16)15-10-6-4-5-7-11(10)19(17,18)13-2/h4-7,13-14H,3,8-9H2,1-2H3,(H,15,16). The van der Waals surface area contributed by atoms with E-state index >= 15 is 0 Å². The lowest BCUT2D eigenvalue weighted by Gasteiger charge is -2.11. The van der Waals surface area contributed by atoms with E-state index in [0.29, 0.717) is 0 Å². The van der Waals surface area contributed by atoms with Crippen molar-refractivity contribution in [2.45, 2.75) is 18.2 Å². The lowest BCUT2D eigenvalue weighted by atomic mass is 10.3. The van der Waals surface area contributed by atoms with Crippen LogP contribution in [-0.4, -0.2) is 34.5 Å². The molecule has 106 valence electrons. The number of carbonyl (C=O) groups excluding carboxylic acids is 1. The van der Waals surface area contributed by atoms with Gasteiger partial charge in [0, 0.05) is 0 Å². The Kier molecular flexibility index (Phi) is 5.94. The van der Waals surface area contributed by atoms with Crippen LogP contribution in [0.2, 0.25) is 0 Å². The highest BCUT2D eigenvalue weighted by atomic mass is 32.2. The first-order chi connectivity index (χ1) is 9.01. The highest BCUT2D eigenvalue weighted by molar-refractivity contribution is 7.89. The number of hydrogen-bond donors (Lipinski definition) is 3. The average Bonchev–Trinajstić information content (AvgIpc) is 2.39. The van der Waals surface area contributed by atoms with Gasteiger partial charge in [0.05, 0.1) is 12.2 Å². The molecule has 0 radical (unpaired) electrons. The zero-order chi connectivity index (χ0) is 14.3. The van der Waals surface area contributed by atoms with E-state index in [0.717, 1.165) is 13.0 Å². The van der Waals surface area contributed by atoms with Gasteiger partial charge < -0.3 is 10.6 Å². The van der Waals surface area contributed by atoms with Crippen molar-refractivity contribution in [3.63, 3.8) is 0 Å². The van der Waals surface area contributed by atoms with E-state index in [1.165, 1.54) is 13.1 Å². The smallest absolute Gasteiger partial charge is 0.242 e. The summed E-state index contributed by atoms with van der Waals surface area (Å²) >= 11 is 0. The van der Waals surface area contributed by atoms with Crippen molar-refractivity contribution >= 4 is 21.6 Å². The molecule has 0 saturated heterocycles. The molecule has 0 unspecified atom stereocenters. The number of para-hydroxylation sites is 1. The fraction of sp³-hybridized carbons (Fsp3) is 0.417. The summed E-state index contributed by atoms with van der Waals surface area (Å²) in [6.45, 7) is 2.89. The third kappa shape index (κ3) is 4.62. The Bertz CT molecular complexity index is 529. The fourth-order valence-electron chi connectivity index (χ4n) is 1.49. The van der Waals surface area contributed by atoms with Gasteiger partial charge in [-0.15, -0.1) is 0 Å². The molecule has 3 N–H and O–H groups in total. The first kappa shape index (κ1) is 15.6. The molecule has 0 saturated carbocycles. The molecule has 0 bridgehead atoms. The minimum absolute atomic E-state index is 0.0568. The number of hydrogen-bond acceptors (Lipinski definition) is 4. The van der Waals surface area contributed by atoms with E-state index < -0.39 is 10.0 Å². The highest BCUT2D eigenvalue weighted by Crippen LogP contribution is 2.19. The Hall–Kier alpha value is -1.44. The molecule has 0 fully saturated rings. The predicted molar refractivity (Wildman–Crippen MR) is 74.5 cm³/mol. The zero-order valence-electron chi connectivity index (χ0n) is 11.1. The Morgan fingerprint density at radius 3 is 2.58 bits per heavy atom. The van der Waals surface area contributed by atoms with Crippen molar-refractivity contribution in [3.05, 3.63) is 24.3 Å². The second-order valence-corrected chi connectivity index (χ2v) is 5.78. The maximum atomic E-state index is 11.8. The molecule has 0 spiro atoms. The van der Waals surface area contributed by atoms with Crippen LogP contribution in [-0.2, 0) is 14.8 Å². The van der Waals surface area contributed by atoms with Gasteiger partial charge in [0.25, 0.3) is 0 Å². The predicted octanol–water partition coefficient (Wildman–Crippen LogP) is 0.533. The molecule has 1 amide bonds.